The fourth-order valence-corrected chi connectivity index (χ4v) is 2.17. The van der Waals surface area contributed by atoms with Gasteiger partial charge < -0.3 is 10.6 Å². The Morgan fingerprint density at radius 2 is 1.94 bits per heavy atom. The highest BCUT2D eigenvalue weighted by molar-refractivity contribution is 14.1. The molecule has 0 amide bonds. The average Bonchev–Trinajstić information content (AvgIpc) is 2.27. The van der Waals surface area contributed by atoms with Crippen LogP contribution < -0.4 is 10.6 Å². The van der Waals surface area contributed by atoms with Crippen LogP contribution in [-0.2, 0) is 6.54 Å². The van der Waals surface area contributed by atoms with Gasteiger partial charge in [0.15, 0.2) is 0 Å². The fourth-order valence-electron chi connectivity index (χ4n) is 1.45. The van der Waals surface area contributed by atoms with Crippen LogP contribution in [0.4, 0.5) is 0 Å². The van der Waals surface area contributed by atoms with Crippen LogP contribution >= 0.6 is 34.2 Å². The second kappa shape index (κ2) is 7.56. The van der Waals surface area contributed by atoms with Gasteiger partial charge in [0.25, 0.3) is 0 Å². The van der Waals surface area contributed by atoms with Crippen LogP contribution in [0.2, 0.25) is 5.02 Å². The van der Waals surface area contributed by atoms with Gasteiger partial charge in [-0.15, -0.1) is 0 Å². The highest BCUT2D eigenvalue weighted by atomic mass is 127. The summed E-state index contributed by atoms with van der Waals surface area (Å²) in [5.74, 6) is 0. The lowest BCUT2D eigenvalue weighted by atomic mass is 10.2. The van der Waals surface area contributed by atoms with E-state index in [4.69, 9.17) is 11.6 Å². The Kier molecular flexibility index (Phi) is 6.77. The molecule has 96 valence electrons. The zero-order valence-corrected chi connectivity index (χ0v) is 13.5. The van der Waals surface area contributed by atoms with Gasteiger partial charge in [-0.1, -0.05) is 25.4 Å². The molecule has 0 saturated carbocycles. The third-order valence-corrected chi connectivity index (χ3v) is 3.77. The van der Waals surface area contributed by atoms with Gasteiger partial charge in [0.05, 0.1) is 0 Å². The molecule has 2 N–H and O–H groups in total. The number of halogens is 2. The molecule has 1 rings (SSSR count). The summed E-state index contributed by atoms with van der Waals surface area (Å²) >= 11 is 8.33. The van der Waals surface area contributed by atoms with Crippen LogP contribution in [0.3, 0.4) is 0 Å². The van der Waals surface area contributed by atoms with E-state index in [0.29, 0.717) is 12.1 Å². The standard InChI is InChI=1S/C13H20ClIN2/c1-9(2)16-7-10(3)17-8-11-6-12(14)4-5-13(11)15/h4-6,9-10,16-17H,7-8H2,1-3H3. The van der Waals surface area contributed by atoms with Crippen molar-refractivity contribution in [2.45, 2.75) is 39.4 Å². The lowest BCUT2D eigenvalue weighted by Gasteiger charge is -2.17. The minimum absolute atomic E-state index is 0.451. The summed E-state index contributed by atoms with van der Waals surface area (Å²) in [4.78, 5) is 0. The Morgan fingerprint density at radius 3 is 2.59 bits per heavy atom. The lowest BCUT2D eigenvalue weighted by molar-refractivity contribution is 0.473. The minimum Gasteiger partial charge on any atom is -0.313 e. The van der Waals surface area contributed by atoms with E-state index in [9.17, 15) is 0 Å². The van der Waals surface area contributed by atoms with Gasteiger partial charge in [0.1, 0.15) is 0 Å². The van der Waals surface area contributed by atoms with Crippen molar-refractivity contribution in [2.24, 2.45) is 0 Å². The highest BCUT2D eigenvalue weighted by Crippen LogP contribution is 2.17. The van der Waals surface area contributed by atoms with Crippen LogP contribution in [0.5, 0.6) is 0 Å². The Labute approximate surface area is 123 Å². The molecule has 0 bridgehead atoms. The quantitative estimate of drug-likeness (QED) is 0.754. The predicted molar refractivity (Wildman–Crippen MR) is 83.6 cm³/mol. The molecule has 17 heavy (non-hydrogen) atoms. The Morgan fingerprint density at radius 1 is 1.24 bits per heavy atom. The lowest BCUT2D eigenvalue weighted by Crippen LogP contribution is -2.38. The summed E-state index contributed by atoms with van der Waals surface area (Å²) in [6.45, 7) is 8.35. The first-order chi connectivity index (χ1) is 7.99. The number of benzene rings is 1. The van der Waals surface area contributed by atoms with Crippen molar-refractivity contribution in [3.63, 3.8) is 0 Å². The average molecular weight is 367 g/mol. The van der Waals surface area contributed by atoms with Crippen LogP contribution in [0.1, 0.15) is 26.3 Å². The maximum Gasteiger partial charge on any atom is 0.0409 e. The molecule has 0 fully saturated rings. The fraction of sp³-hybridized carbons (Fsp3) is 0.538. The largest absolute Gasteiger partial charge is 0.313 e. The van der Waals surface area contributed by atoms with Gasteiger partial charge in [0.2, 0.25) is 0 Å². The monoisotopic (exact) mass is 366 g/mol. The van der Waals surface area contributed by atoms with Crippen molar-refractivity contribution in [1.29, 1.82) is 0 Å². The molecule has 1 aromatic carbocycles. The number of hydrogen-bond donors (Lipinski definition) is 2. The molecule has 1 unspecified atom stereocenters. The van der Waals surface area contributed by atoms with Crippen molar-refractivity contribution in [1.82, 2.24) is 10.6 Å². The van der Waals surface area contributed by atoms with Crippen molar-refractivity contribution >= 4 is 34.2 Å². The normalized spacial score (nSPS) is 13.1. The van der Waals surface area contributed by atoms with Gasteiger partial charge in [-0.25, -0.2) is 0 Å². The summed E-state index contributed by atoms with van der Waals surface area (Å²) in [5.41, 5.74) is 1.26. The second-order valence-electron chi connectivity index (χ2n) is 4.58. The molecule has 0 spiro atoms. The molecule has 2 nitrogen and oxygen atoms in total. The van der Waals surface area contributed by atoms with E-state index in [-0.39, 0.29) is 0 Å². The van der Waals surface area contributed by atoms with Gasteiger partial charge in [-0.05, 0) is 53.3 Å². The van der Waals surface area contributed by atoms with Gasteiger partial charge in [-0.3, -0.25) is 0 Å². The molecule has 0 heterocycles. The van der Waals surface area contributed by atoms with Gasteiger partial charge in [0, 0.05) is 33.8 Å². The molecular formula is C13H20ClIN2. The molecule has 0 aliphatic rings. The number of rotatable bonds is 6. The maximum atomic E-state index is 5.99. The zero-order valence-electron chi connectivity index (χ0n) is 10.6. The van der Waals surface area contributed by atoms with E-state index in [1.54, 1.807) is 0 Å². The van der Waals surface area contributed by atoms with E-state index in [1.807, 2.05) is 12.1 Å². The molecule has 1 aromatic rings. The molecule has 0 aliphatic heterocycles. The van der Waals surface area contributed by atoms with E-state index < -0.39 is 0 Å². The predicted octanol–water partition coefficient (Wildman–Crippen LogP) is 3.42. The summed E-state index contributed by atoms with van der Waals surface area (Å²) in [7, 11) is 0. The van der Waals surface area contributed by atoms with E-state index >= 15 is 0 Å². The Balaban J connectivity index is 2.41. The van der Waals surface area contributed by atoms with Gasteiger partial charge >= 0.3 is 0 Å². The van der Waals surface area contributed by atoms with Crippen LogP contribution in [0.15, 0.2) is 18.2 Å². The molecular weight excluding hydrogens is 347 g/mol. The van der Waals surface area contributed by atoms with E-state index in [1.165, 1.54) is 9.13 Å². The topological polar surface area (TPSA) is 24.1 Å². The first kappa shape index (κ1) is 15.2. The van der Waals surface area contributed by atoms with E-state index in [0.717, 1.165) is 18.1 Å². The molecule has 1 atom stereocenters. The molecule has 0 radical (unpaired) electrons. The van der Waals surface area contributed by atoms with Crippen molar-refractivity contribution in [3.8, 4) is 0 Å². The van der Waals surface area contributed by atoms with E-state index in [2.05, 4.69) is 60.1 Å². The third-order valence-electron chi connectivity index (χ3n) is 2.48. The SMILES string of the molecule is CC(C)NCC(C)NCc1cc(Cl)ccc1I. The van der Waals surface area contributed by atoms with Crippen molar-refractivity contribution < 1.29 is 0 Å². The first-order valence-corrected chi connectivity index (χ1v) is 7.35. The molecule has 0 aliphatic carbocycles. The Bertz CT molecular complexity index is 355. The number of hydrogen-bond acceptors (Lipinski definition) is 2. The van der Waals surface area contributed by atoms with Crippen LogP contribution in [0.25, 0.3) is 0 Å². The summed E-state index contributed by atoms with van der Waals surface area (Å²) in [6.07, 6.45) is 0. The molecule has 0 saturated heterocycles. The van der Waals surface area contributed by atoms with Crippen LogP contribution in [0, 0.1) is 3.57 Å². The van der Waals surface area contributed by atoms with Crippen molar-refractivity contribution in [2.75, 3.05) is 6.54 Å². The van der Waals surface area contributed by atoms with Gasteiger partial charge in [-0.2, -0.15) is 0 Å². The zero-order chi connectivity index (χ0) is 12.8. The molecule has 4 heteroatoms. The highest BCUT2D eigenvalue weighted by Gasteiger charge is 2.05. The summed E-state index contributed by atoms with van der Waals surface area (Å²) in [5, 5.41) is 7.71. The molecule has 0 aromatic heterocycles. The second-order valence-corrected chi connectivity index (χ2v) is 6.18. The maximum absolute atomic E-state index is 5.99. The van der Waals surface area contributed by atoms with Crippen LogP contribution in [-0.4, -0.2) is 18.6 Å². The summed E-state index contributed by atoms with van der Waals surface area (Å²) < 4.78 is 1.25. The minimum atomic E-state index is 0.451. The summed E-state index contributed by atoms with van der Waals surface area (Å²) in [6, 6.07) is 6.99. The first-order valence-electron chi connectivity index (χ1n) is 5.89. The van der Waals surface area contributed by atoms with Crippen molar-refractivity contribution in [3.05, 3.63) is 32.4 Å². The Hall–Kier alpha value is 0.160. The smallest absolute Gasteiger partial charge is 0.0409 e. The third kappa shape index (κ3) is 6.04. The number of nitrogens with one attached hydrogen (secondary N) is 2.